The number of benzene rings is 2. The molecule has 0 amide bonds. The number of rotatable bonds is 6. The summed E-state index contributed by atoms with van der Waals surface area (Å²) in [6.07, 6.45) is -0.00846. The summed E-state index contributed by atoms with van der Waals surface area (Å²) in [4.78, 5) is 24.5. The van der Waals surface area contributed by atoms with Crippen molar-refractivity contribution in [2.75, 3.05) is 6.61 Å². The van der Waals surface area contributed by atoms with Crippen LogP contribution in [0.25, 0.3) is 5.69 Å². The molecule has 2 aromatic carbocycles. The number of nitrogens with zero attached hydrogens (tertiary/aromatic N) is 1. The Morgan fingerprint density at radius 2 is 1.68 bits per heavy atom. The van der Waals surface area contributed by atoms with E-state index in [4.69, 9.17) is 4.74 Å². The van der Waals surface area contributed by atoms with Crippen LogP contribution in [-0.4, -0.2) is 22.9 Å². The van der Waals surface area contributed by atoms with Crippen molar-refractivity contribution in [1.82, 2.24) is 4.57 Å². The Bertz CT molecular complexity index is 1010. The first-order chi connectivity index (χ1) is 13.3. The largest absolute Gasteiger partial charge is 0.457 e. The highest BCUT2D eigenvalue weighted by Gasteiger charge is 2.18. The van der Waals surface area contributed by atoms with Crippen molar-refractivity contribution in [1.29, 1.82) is 0 Å². The zero-order valence-electron chi connectivity index (χ0n) is 15.5. The number of hydrogen-bond donors (Lipinski definition) is 0. The van der Waals surface area contributed by atoms with Gasteiger partial charge in [0.05, 0.1) is 6.42 Å². The van der Waals surface area contributed by atoms with E-state index in [0.29, 0.717) is 11.1 Å². The number of halogens is 2. The van der Waals surface area contributed by atoms with Crippen molar-refractivity contribution in [3.8, 4) is 5.69 Å². The van der Waals surface area contributed by atoms with Crippen molar-refractivity contribution >= 4 is 27.7 Å². The Balaban J connectivity index is 1.67. The Morgan fingerprint density at radius 3 is 2.32 bits per heavy atom. The molecule has 0 aliphatic carbocycles. The second-order valence-electron chi connectivity index (χ2n) is 6.48. The van der Waals surface area contributed by atoms with Crippen LogP contribution in [0.2, 0.25) is 0 Å². The van der Waals surface area contributed by atoms with Crippen LogP contribution < -0.4 is 0 Å². The van der Waals surface area contributed by atoms with Crippen molar-refractivity contribution in [3.63, 3.8) is 0 Å². The van der Waals surface area contributed by atoms with Gasteiger partial charge in [0.15, 0.2) is 6.61 Å². The number of aromatic nitrogens is 1. The molecule has 6 heteroatoms. The Labute approximate surface area is 171 Å². The number of carbonyl (C=O) groups excluding carboxylic acids is 2. The van der Waals surface area contributed by atoms with Crippen LogP contribution in [0.15, 0.2) is 59.1 Å². The molecule has 0 aliphatic heterocycles. The highest BCUT2D eigenvalue weighted by Crippen LogP contribution is 2.23. The number of carbonyl (C=O) groups is 2. The molecule has 1 aromatic heterocycles. The Kier molecular flexibility index (Phi) is 6.09. The maximum Gasteiger partial charge on any atom is 0.310 e. The van der Waals surface area contributed by atoms with Crippen LogP contribution in [0, 0.1) is 19.7 Å². The fourth-order valence-electron chi connectivity index (χ4n) is 3.08. The van der Waals surface area contributed by atoms with E-state index in [1.165, 1.54) is 24.3 Å². The summed E-state index contributed by atoms with van der Waals surface area (Å²) < 4.78 is 21.0. The average Bonchev–Trinajstić information content (AvgIpc) is 2.97. The Morgan fingerprint density at radius 1 is 1.04 bits per heavy atom. The maximum atomic E-state index is 12.9. The lowest BCUT2D eigenvalue weighted by Gasteiger charge is -2.10. The highest BCUT2D eigenvalue weighted by molar-refractivity contribution is 9.10. The van der Waals surface area contributed by atoms with E-state index in [1.54, 1.807) is 6.07 Å². The number of aryl methyl sites for hydroxylation is 1. The third kappa shape index (κ3) is 4.57. The van der Waals surface area contributed by atoms with Crippen LogP contribution in [-0.2, 0) is 16.0 Å². The second kappa shape index (κ2) is 8.52. The smallest absolute Gasteiger partial charge is 0.310 e. The lowest BCUT2D eigenvalue weighted by atomic mass is 10.1. The monoisotopic (exact) mass is 443 g/mol. The Hall–Kier alpha value is -2.73. The van der Waals surface area contributed by atoms with Gasteiger partial charge in [-0.05, 0) is 61.9 Å². The molecule has 0 bridgehead atoms. The first kappa shape index (κ1) is 20.0. The predicted octanol–water partition coefficient (Wildman–Crippen LogP) is 4.96. The van der Waals surface area contributed by atoms with Gasteiger partial charge in [0.2, 0.25) is 5.78 Å². The predicted molar refractivity (Wildman–Crippen MR) is 108 cm³/mol. The zero-order chi connectivity index (χ0) is 20.3. The van der Waals surface area contributed by atoms with Crippen molar-refractivity contribution in [2.45, 2.75) is 20.3 Å². The molecule has 0 saturated carbocycles. The normalized spacial score (nSPS) is 10.7. The van der Waals surface area contributed by atoms with Gasteiger partial charge >= 0.3 is 5.97 Å². The van der Waals surface area contributed by atoms with Gasteiger partial charge < -0.3 is 9.30 Å². The van der Waals surface area contributed by atoms with Gasteiger partial charge in [0, 0.05) is 27.1 Å². The molecule has 0 N–H and O–H groups in total. The average molecular weight is 444 g/mol. The molecule has 28 heavy (non-hydrogen) atoms. The van der Waals surface area contributed by atoms with E-state index in [-0.39, 0.29) is 24.6 Å². The van der Waals surface area contributed by atoms with Crippen molar-refractivity contribution in [3.05, 3.63) is 87.4 Å². The fraction of sp³-hybridized carbons (Fsp3) is 0.182. The number of esters is 1. The zero-order valence-corrected chi connectivity index (χ0v) is 17.1. The lowest BCUT2D eigenvalue weighted by molar-refractivity contribution is -0.141. The summed E-state index contributed by atoms with van der Waals surface area (Å²) in [5.74, 6) is -1.15. The molecule has 0 radical (unpaired) electrons. The summed E-state index contributed by atoms with van der Waals surface area (Å²) in [6.45, 7) is 3.46. The van der Waals surface area contributed by atoms with Crippen molar-refractivity contribution in [2.24, 2.45) is 0 Å². The van der Waals surface area contributed by atoms with Crippen LogP contribution in [0.4, 0.5) is 4.39 Å². The van der Waals surface area contributed by atoms with Gasteiger partial charge in [-0.1, -0.05) is 28.1 Å². The van der Waals surface area contributed by atoms with Crippen LogP contribution >= 0.6 is 15.9 Å². The first-order valence-corrected chi connectivity index (χ1v) is 9.52. The standard InChI is InChI=1S/C22H19BrFNO3/c1-14-11-20(15(2)25(14)19-9-5-17(23)6-10-19)21(26)13-28-22(27)12-16-3-7-18(24)8-4-16/h3-11H,12-13H2,1-2H3. The molecule has 4 nitrogen and oxygen atoms in total. The molecule has 0 aliphatic rings. The maximum absolute atomic E-state index is 12.9. The van der Waals surface area contributed by atoms with Crippen molar-refractivity contribution < 1.29 is 18.7 Å². The molecule has 3 aromatic rings. The molecule has 144 valence electrons. The minimum absolute atomic E-state index is 0.00846. The lowest BCUT2D eigenvalue weighted by Crippen LogP contribution is -2.16. The summed E-state index contributed by atoms with van der Waals surface area (Å²) in [7, 11) is 0. The van der Waals surface area contributed by atoms with E-state index < -0.39 is 5.97 Å². The summed E-state index contributed by atoms with van der Waals surface area (Å²) in [6, 6.07) is 15.2. The van der Waals surface area contributed by atoms with E-state index >= 15 is 0 Å². The number of Topliss-reactive ketones (excluding diaryl/α,β-unsaturated/α-hetero) is 1. The van der Waals surface area contributed by atoms with Gasteiger partial charge in [-0.3, -0.25) is 9.59 Å². The highest BCUT2D eigenvalue weighted by atomic mass is 79.9. The molecule has 0 spiro atoms. The molecule has 0 atom stereocenters. The second-order valence-corrected chi connectivity index (χ2v) is 7.40. The molecular formula is C22H19BrFNO3. The van der Waals surface area contributed by atoms with Gasteiger partial charge in [-0.2, -0.15) is 0 Å². The summed E-state index contributed by atoms with van der Waals surface area (Å²) in [5, 5.41) is 0. The fourth-order valence-corrected chi connectivity index (χ4v) is 3.34. The molecule has 0 fully saturated rings. The summed E-state index contributed by atoms with van der Waals surface area (Å²) >= 11 is 3.41. The first-order valence-electron chi connectivity index (χ1n) is 8.73. The molecule has 3 rings (SSSR count). The van der Waals surface area contributed by atoms with Gasteiger partial charge in [0.25, 0.3) is 0 Å². The van der Waals surface area contributed by atoms with Crippen LogP contribution in [0.1, 0.15) is 27.3 Å². The molecule has 0 unspecified atom stereocenters. The van der Waals surface area contributed by atoms with Gasteiger partial charge in [-0.15, -0.1) is 0 Å². The number of ketones is 1. The van der Waals surface area contributed by atoms with Gasteiger partial charge in [-0.25, -0.2) is 4.39 Å². The van der Waals surface area contributed by atoms with Crippen LogP contribution in [0.5, 0.6) is 0 Å². The molecule has 0 saturated heterocycles. The summed E-state index contributed by atoms with van der Waals surface area (Å²) in [5.41, 5.74) is 3.81. The van der Waals surface area contributed by atoms with E-state index in [1.807, 2.05) is 42.7 Å². The number of hydrogen-bond acceptors (Lipinski definition) is 3. The minimum Gasteiger partial charge on any atom is -0.457 e. The van der Waals surface area contributed by atoms with E-state index in [0.717, 1.165) is 21.5 Å². The van der Waals surface area contributed by atoms with Gasteiger partial charge in [0.1, 0.15) is 5.82 Å². The molecular weight excluding hydrogens is 425 g/mol. The minimum atomic E-state index is -0.526. The topological polar surface area (TPSA) is 48.3 Å². The third-order valence-electron chi connectivity index (χ3n) is 4.44. The third-order valence-corrected chi connectivity index (χ3v) is 4.97. The van der Waals surface area contributed by atoms with Crippen LogP contribution in [0.3, 0.4) is 0 Å². The molecule has 1 heterocycles. The van der Waals surface area contributed by atoms with E-state index in [2.05, 4.69) is 15.9 Å². The SMILES string of the molecule is Cc1cc(C(=O)COC(=O)Cc2ccc(F)cc2)c(C)n1-c1ccc(Br)cc1. The van der Waals surface area contributed by atoms with E-state index in [9.17, 15) is 14.0 Å². The number of ether oxygens (including phenoxy) is 1. The quantitative estimate of drug-likeness (QED) is 0.399.